The minimum Gasteiger partial charge on any atom is -0.325 e. The van der Waals surface area contributed by atoms with Gasteiger partial charge in [0.25, 0.3) is 0 Å². The zero-order chi connectivity index (χ0) is 18.4. The molecule has 1 amide bonds. The van der Waals surface area contributed by atoms with Crippen molar-refractivity contribution in [3.8, 4) is 0 Å². The van der Waals surface area contributed by atoms with E-state index >= 15 is 0 Å². The Bertz CT molecular complexity index is 841. The number of benzene rings is 2. The molecule has 8 heteroatoms. The molecule has 0 spiro atoms. The molecule has 0 radical (unpaired) electrons. The first-order valence-corrected chi connectivity index (χ1v) is 9.72. The summed E-state index contributed by atoms with van der Waals surface area (Å²) < 4.78 is 38.0. The fraction of sp³-hybridized carbons (Fsp3) is 0.235. The van der Waals surface area contributed by atoms with Gasteiger partial charge in [-0.15, -0.1) is 0 Å². The van der Waals surface area contributed by atoms with Gasteiger partial charge in [-0.2, -0.15) is 4.31 Å². The largest absolute Gasteiger partial charge is 0.325 e. The zero-order valence-electron chi connectivity index (χ0n) is 13.6. The molecule has 2 aromatic rings. The van der Waals surface area contributed by atoms with Crippen LogP contribution in [0.3, 0.4) is 0 Å². The van der Waals surface area contributed by atoms with Crippen molar-refractivity contribution in [2.24, 2.45) is 0 Å². The number of hydrogen-bond donors (Lipinski definition) is 1. The second kappa shape index (κ2) is 8.42. The van der Waals surface area contributed by atoms with Crippen molar-refractivity contribution in [2.75, 3.05) is 18.1 Å². The molecule has 0 unspecified atom stereocenters. The van der Waals surface area contributed by atoms with E-state index in [9.17, 15) is 17.6 Å². The third-order valence-electron chi connectivity index (χ3n) is 3.48. The van der Waals surface area contributed by atoms with Gasteiger partial charge in [0, 0.05) is 19.5 Å². The van der Waals surface area contributed by atoms with Gasteiger partial charge in [0.2, 0.25) is 15.9 Å². The van der Waals surface area contributed by atoms with E-state index in [1.165, 1.54) is 28.6 Å². The van der Waals surface area contributed by atoms with Gasteiger partial charge in [0.1, 0.15) is 5.82 Å². The average molecular weight is 385 g/mol. The number of carbonyl (C=O) groups excluding carboxylic acids is 1. The first-order valence-electron chi connectivity index (χ1n) is 7.49. The van der Waals surface area contributed by atoms with Crippen LogP contribution in [0.5, 0.6) is 0 Å². The molecule has 0 aliphatic rings. The highest BCUT2D eigenvalue weighted by atomic mass is 35.5. The van der Waals surface area contributed by atoms with Gasteiger partial charge >= 0.3 is 0 Å². The van der Waals surface area contributed by atoms with Gasteiger partial charge in [0.15, 0.2) is 0 Å². The van der Waals surface area contributed by atoms with Crippen LogP contribution in [0.4, 0.5) is 10.1 Å². The molecule has 0 saturated heterocycles. The number of hydrogen-bond acceptors (Lipinski definition) is 3. The predicted octanol–water partition coefficient (Wildman–Crippen LogP) is 3.27. The summed E-state index contributed by atoms with van der Waals surface area (Å²) >= 11 is 5.97. The first kappa shape index (κ1) is 19.4. The molecule has 0 fully saturated rings. The maximum Gasteiger partial charge on any atom is 0.225 e. The highest BCUT2D eigenvalue weighted by Crippen LogP contribution is 2.20. The first-order chi connectivity index (χ1) is 11.8. The lowest BCUT2D eigenvalue weighted by Gasteiger charge is -2.20. The van der Waals surface area contributed by atoms with Crippen molar-refractivity contribution in [1.29, 1.82) is 0 Å². The number of sulfonamides is 1. The highest BCUT2D eigenvalue weighted by Gasteiger charge is 2.18. The number of halogens is 2. The van der Waals surface area contributed by atoms with E-state index in [-0.39, 0.29) is 25.4 Å². The van der Waals surface area contributed by atoms with Crippen LogP contribution in [0, 0.1) is 5.82 Å². The molecule has 0 aliphatic carbocycles. The van der Waals surface area contributed by atoms with Crippen LogP contribution in [0.15, 0.2) is 48.5 Å². The maximum atomic E-state index is 13.0. The topological polar surface area (TPSA) is 66.5 Å². The average Bonchev–Trinajstić information content (AvgIpc) is 2.54. The van der Waals surface area contributed by atoms with Crippen LogP contribution < -0.4 is 5.32 Å². The molecule has 0 aromatic heterocycles. The van der Waals surface area contributed by atoms with Gasteiger partial charge in [-0.25, -0.2) is 12.8 Å². The molecule has 0 atom stereocenters. The third kappa shape index (κ3) is 6.12. The molecule has 0 bridgehead atoms. The number of nitrogens with one attached hydrogen (secondary N) is 1. The molecule has 25 heavy (non-hydrogen) atoms. The quantitative estimate of drug-likeness (QED) is 0.796. The lowest BCUT2D eigenvalue weighted by molar-refractivity contribution is -0.116. The number of nitrogens with zero attached hydrogens (tertiary/aromatic N) is 1. The van der Waals surface area contributed by atoms with Crippen LogP contribution in [0.1, 0.15) is 12.0 Å². The van der Waals surface area contributed by atoms with Crippen molar-refractivity contribution < 1.29 is 17.6 Å². The summed E-state index contributed by atoms with van der Waals surface area (Å²) in [4.78, 5) is 12.1. The Morgan fingerprint density at radius 3 is 2.40 bits per heavy atom. The predicted molar refractivity (Wildman–Crippen MR) is 96.4 cm³/mol. The monoisotopic (exact) mass is 384 g/mol. The summed E-state index contributed by atoms with van der Waals surface area (Å²) in [5.41, 5.74) is 1.11. The van der Waals surface area contributed by atoms with Crippen LogP contribution >= 0.6 is 11.6 Å². The summed E-state index contributed by atoms with van der Waals surface area (Å²) in [6.45, 7) is 0.0744. The molecule has 2 aromatic carbocycles. The molecule has 5 nitrogen and oxygen atoms in total. The number of amides is 1. The van der Waals surface area contributed by atoms with Gasteiger partial charge in [0.05, 0.1) is 17.0 Å². The van der Waals surface area contributed by atoms with Crippen molar-refractivity contribution in [3.05, 3.63) is 64.9 Å². The van der Waals surface area contributed by atoms with Crippen LogP contribution in [-0.4, -0.2) is 31.4 Å². The standard InChI is InChI=1S/C17H18ClFN2O3S/c1-25(23,24)21(12-13-6-8-14(19)9-7-13)11-10-17(22)20-16-5-3-2-4-15(16)18/h2-9H,10-12H2,1H3,(H,20,22). The molecular formula is C17H18ClFN2O3S. The van der Waals surface area contributed by atoms with Gasteiger partial charge in [-0.3, -0.25) is 4.79 Å². The molecule has 0 saturated carbocycles. The van der Waals surface area contributed by atoms with E-state index in [1.54, 1.807) is 24.3 Å². The normalized spacial score (nSPS) is 11.5. The van der Waals surface area contributed by atoms with Gasteiger partial charge in [-0.05, 0) is 29.8 Å². The van der Waals surface area contributed by atoms with E-state index in [1.807, 2.05) is 0 Å². The summed E-state index contributed by atoms with van der Waals surface area (Å²) in [5, 5.41) is 3.05. The van der Waals surface area contributed by atoms with E-state index in [0.29, 0.717) is 16.3 Å². The lowest BCUT2D eigenvalue weighted by Crippen LogP contribution is -2.32. The Morgan fingerprint density at radius 1 is 1.16 bits per heavy atom. The highest BCUT2D eigenvalue weighted by molar-refractivity contribution is 7.88. The summed E-state index contributed by atoms with van der Waals surface area (Å²) in [7, 11) is -3.52. The molecule has 2 rings (SSSR count). The molecule has 0 aliphatic heterocycles. The van der Waals surface area contributed by atoms with E-state index in [4.69, 9.17) is 11.6 Å². The number of carbonyl (C=O) groups is 1. The molecule has 134 valence electrons. The minimum absolute atomic E-state index is 0.00644. The Balaban J connectivity index is 1.99. The molecular weight excluding hydrogens is 367 g/mol. The maximum absolute atomic E-state index is 13.0. The van der Waals surface area contributed by atoms with E-state index < -0.39 is 15.8 Å². The molecule has 1 N–H and O–H groups in total. The fourth-order valence-corrected chi connectivity index (χ4v) is 3.15. The van der Waals surface area contributed by atoms with E-state index in [2.05, 4.69) is 5.32 Å². The number of anilines is 1. The second-order valence-electron chi connectivity index (χ2n) is 5.50. The fourth-order valence-electron chi connectivity index (χ4n) is 2.16. The minimum atomic E-state index is -3.52. The van der Waals surface area contributed by atoms with Crippen molar-refractivity contribution in [3.63, 3.8) is 0 Å². The lowest BCUT2D eigenvalue weighted by atomic mass is 10.2. The summed E-state index contributed by atoms with van der Waals surface area (Å²) in [5.74, 6) is -0.741. The van der Waals surface area contributed by atoms with Crippen molar-refractivity contribution in [2.45, 2.75) is 13.0 Å². The Labute approximate surface area is 151 Å². The number of rotatable bonds is 7. The Morgan fingerprint density at radius 2 is 1.80 bits per heavy atom. The van der Waals surface area contributed by atoms with Crippen LogP contribution in [0.25, 0.3) is 0 Å². The third-order valence-corrected chi connectivity index (χ3v) is 5.06. The van der Waals surface area contributed by atoms with E-state index in [0.717, 1.165) is 6.26 Å². The summed E-state index contributed by atoms with van der Waals surface area (Å²) in [6, 6.07) is 12.3. The van der Waals surface area contributed by atoms with Crippen LogP contribution in [-0.2, 0) is 21.4 Å². The smallest absolute Gasteiger partial charge is 0.225 e. The second-order valence-corrected chi connectivity index (χ2v) is 7.89. The van der Waals surface area contributed by atoms with Gasteiger partial charge < -0.3 is 5.32 Å². The summed E-state index contributed by atoms with van der Waals surface area (Å²) in [6.07, 6.45) is 1.04. The van der Waals surface area contributed by atoms with Crippen molar-refractivity contribution >= 4 is 33.2 Å². The zero-order valence-corrected chi connectivity index (χ0v) is 15.1. The van der Waals surface area contributed by atoms with Crippen LogP contribution in [0.2, 0.25) is 5.02 Å². The Hall–Kier alpha value is -1.96. The SMILES string of the molecule is CS(=O)(=O)N(CCC(=O)Nc1ccccc1Cl)Cc1ccc(F)cc1. The Kier molecular flexibility index (Phi) is 6.52. The van der Waals surface area contributed by atoms with Gasteiger partial charge in [-0.1, -0.05) is 35.9 Å². The number of para-hydroxylation sites is 1. The molecule has 0 heterocycles. The van der Waals surface area contributed by atoms with Crippen molar-refractivity contribution in [1.82, 2.24) is 4.31 Å².